The number of ether oxygens (including phenoxy) is 2. The van der Waals surface area contributed by atoms with Gasteiger partial charge in [0.15, 0.2) is 17.1 Å². The predicted octanol–water partition coefficient (Wildman–Crippen LogP) is 4.48. The summed E-state index contributed by atoms with van der Waals surface area (Å²) in [4.78, 5) is 17.1. The predicted molar refractivity (Wildman–Crippen MR) is 123 cm³/mol. The first-order chi connectivity index (χ1) is 14.9. The van der Waals surface area contributed by atoms with Crippen LogP contribution in [0, 0.1) is 11.5 Å². The molecule has 2 heterocycles. The quantitative estimate of drug-likeness (QED) is 0.272. The second-order valence-corrected chi connectivity index (χ2v) is 12.9. The lowest BCUT2D eigenvalue weighted by Gasteiger charge is -2.15. The highest BCUT2D eigenvalue weighted by Crippen LogP contribution is 2.34. The highest BCUT2D eigenvalue weighted by Gasteiger charge is 2.24. The maximum Gasteiger partial charge on any atom is 0.360 e. The van der Waals surface area contributed by atoms with E-state index in [0.717, 1.165) is 21.9 Å². The van der Waals surface area contributed by atoms with Gasteiger partial charge in [-0.2, -0.15) is 5.10 Å². The molecule has 2 aromatic heterocycles. The van der Waals surface area contributed by atoms with Crippen LogP contribution in [0.1, 0.15) is 21.6 Å². The molecule has 2 aromatic carbocycles. The molecule has 0 aliphatic heterocycles. The van der Waals surface area contributed by atoms with Crippen molar-refractivity contribution in [2.24, 2.45) is 0 Å². The molecule has 0 atom stereocenters. The number of nitrogens with zero attached hydrogens (tertiary/aromatic N) is 3. The molecular formula is C24H23N3O3Si. The Balaban J connectivity index is 1.92. The van der Waals surface area contributed by atoms with Gasteiger partial charge in [0.05, 0.1) is 7.11 Å². The van der Waals surface area contributed by atoms with E-state index < -0.39 is 14.0 Å². The third kappa shape index (κ3) is 4.30. The van der Waals surface area contributed by atoms with E-state index in [-0.39, 0.29) is 5.69 Å². The topological polar surface area (TPSA) is 65.7 Å². The number of hydrogen-bond donors (Lipinski definition) is 0. The zero-order valence-electron chi connectivity index (χ0n) is 18.0. The number of aromatic nitrogens is 3. The standard InChI is InChI=1S/C24H23N3O3Si/c1-29-24(28)21-22(30-15-18-8-6-5-7-9-18)19-11-10-17(12-13-31(2,3)4)14-20(19)23-25-16-26-27(21)23/h5-11,14,16H,15H2,1-4H3. The average Bonchev–Trinajstić information content (AvgIpc) is 3.25. The lowest BCUT2D eigenvalue weighted by atomic mass is 10.1. The molecule has 6 nitrogen and oxygen atoms in total. The Morgan fingerprint density at radius 2 is 1.87 bits per heavy atom. The number of methoxy groups -OCH3 is 1. The summed E-state index contributed by atoms with van der Waals surface area (Å²) in [5.41, 5.74) is 6.03. The van der Waals surface area contributed by atoms with Gasteiger partial charge in [-0.05, 0) is 23.8 Å². The lowest BCUT2D eigenvalue weighted by Crippen LogP contribution is -2.16. The van der Waals surface area contributed by atoms with Crippen molar-refractivity contribution in [1.82, 2.24) is 14.6 Å². The molecule has 0 N–H and O–H groups in total. The molecule has 4 aromatic rings. The zero-order chi connectivity index (χ0) is 22.0. The molecular weight excluding hydrogens is 406 g/mol. The van der Waals surface area contributed by atoms with Crippen molar-refractivity contribution in [2.45, 2.75) is 26.2 Å². The average molecular weight is 430 g/mol. The van der Waals surface area contributed by atoms with Crippen LogP contribution in [0.2, 0.25) is 19.6 Å². The summed E-state index contributed by atoms with van der Waals surface area (Å²) in [6, 6.07) is 15.6. The van der Waals surface area contributed by atoms with E-state index in [9.17, 15) is 4.79 Å². The smallest absolute Gasteiger partial charge is 0.360 e. The van der Waals surface area contributed by atoms with E-state index in [4.69, 9.17) is 9.47 Å². The van der Waals surface area contributed by atoms with Crippen LogP contribution in [0.3, 0.4) is 0 Å². The summed E-state index contributed by atoms with van der Waals surface area (Å²) >= 11 is 0. The van der Waals surface area contributed by atoms with E-state index in [0.29, 0.717) is 18.0 Å². The summed E-state index contributed by atoms with van der Waals surface area (Å²) in [5, 5.41) is 5.84. The van der Waals surface area contributed by atoms with Crippen LogP contribution in [0.15, 0.2) is 54.9 Å². The Morgan fingerprint density at radius 1 is 1.10 bits per heavy atom. The number of carbonyl (C=O) groups is 1. The summed E-state index contributed by atoms with van der Waals surface area (Å²) in [7, 11) is -0.180. The molecule has 0 bridgehead atoms. The first-order valence-electron chi connectivity index (χ1n) is 9.95. The largest absolute Gasteiger partial charge is 0.486 e. The molecule has 0 radical (unpaired) electrons. The molecule has 156 valence electrons. The first kappa shape index (κ1) is 20.6. The van der Waals surface area contributed by atoms with Crippen molar-refractivity contribution in [2.75, 3.05) is 7.11 Å². The van der Waals surface area contributed by atoms with Crippen molar-refractivity contribution in [3.63, 3.8) is 0 Å². The first-order valence-corrected chi connectivity index (χ1v) is 13.4. The van der Waals surface area contributed by atoms with Crippen LogP contribution >= 0.6 is 0 Å². The molecule has 0 unspecified atom stereocenters. The van der Waals surface area contributed by atoms with E-state index >= 15 is 0 Å². The minimum absolute atomic E-state index is 0.208. The Bertz CT molecular complexity index is 1330. The molecule has 7 heteroatoms. The second kappa shape index (κ2) is 8.24. The number of fused-ring (bicyclic) bond motifs is 3. The van der Waals surface area contributed by atoms with Gasteiger partial charge in [0.1, 0.15) is 21.0 Å². The molecule has 0 fully saturated rings. The SMILES string of the molecule is COC(=O)c1c(OCc2ccccc2)c2ccc(C#C[Si](C)(C)C)cc2c2ncnn12. The van der Waals surface area contributed by atoms with E-state index in [2.05, 4.69) is 41.2 Å². The van der Waals surface area contributed by atoms with Gasteiger partial charge in [0.25, 0.3) is 0 Å². The summed E-state index contributed by atoms with van der Waals surface area (Å²) in [6.45, 7) is 6.92. The maximum absolute atomic E-state index is 12.7. The van der Waals surface area contributed by atoms with Gasteiger partial charge in [0.2, 0.25) is 0 Å². The molecule has 0 amide bonds. The van der Waals surface area contributed by atoms with Crippen molar-refractivity contribution >= 4 is 30.5 Å². The zero-order valence-corrected chi connectivity index (χ0v) is 19.0. The Kier molecular flexibility index (Phi) is 5.49. The van der Waals surface area contributed by atoms with Crippen molar-refractivity contribution in [3.05, 3.63) is 71.7 Å². The summed E-state index contributed by atoms with van der Waals surface area (Å²) in [6.07, 6.45) is 1.42. The van der Waals surface area contributed by atoms with Crippen LogP contribution in [0.4, 0.5) is 0 Å². The van der Waals surface area contributed by atoms with Crippen molar-refractivity contribution in [1.29, 1.82) is 0 Å². The highest BCUT2D eigenvalue weighted by atomic mass is 28.3. The van der Waals surface area contributed by atoms with Gasteiger partial charge < -0.3 is 9.47 Å². The molecule has 0 aliphatic rings. The maximum atomic E-state index is 12.7. The molecule has 0 saturated carbocycles. The van der Waals surface area contributed by atoms with Gasteiger partial charge in [-0.25, -0.2) is 14.3 Å². The molecule has 0 aliphatic carbocycles. The fraction of sp³-hybridized carbons (Fsp3) is 0.208. The van der Waals surface area contributed by atoms with Gasteiger partial charge in [-0.15, -0.1) is 5.54 Å². The van der Waals surface area contributed by atoms with Gasteiger partial charge in [0, 0.05) is 16.3 Å². The van der Waals surface area contributed by atoms with Crippen molar-refractivity contribution < 1.29 is 14.3 Å². The Morgan fingerprint density at radius 3 is 2.58 bits per heavy atom. The lowest BCUT2D eigenvalue weighted by molar-refractivity contribution is 0.0585. The van der Waals surface area contributed by atoms with Crippen LogP contribution < -0.4 is 4.74 Å². The minimum Gasteiger partial charge on any atom is -0.486 e. The number of esters is 1. The number of hydrogen-bond acceptors (Lipinski definition) is 5. The third-order valence-electron chi connectivity index (χ3n) is 4.67. The number of pyridine rings is 1. The van der Waals surface area contributed by atoms with Crippen LogP contribution in [-0.2, 0) is 11.3 Å². The molecule has 0 spiro atoms. The van der Waals surface area contributed by atoms with Crippen molar-refractivity contribution in [3.8, 4) is 17.2 Å². The summed E-state index contributed by atoms with van der Waals surface area (Å²) < 4.78 is 12.7. The highest BCUT2D eigenvalue weighted by molar-refractivity contribution is 6.83. The Labute approximate surface area is 181 Å². The van der Waals surface area contributed by atoms with Crippen LogP contribution in [0.25, 0.3) is 16.4 Å². The monoisotopic (exact) mass is 429 g/mol. The van der Waals surface area contributed by atoms with Gasteiger partial charge in [-0.3, -0.25) is 0 Å². The summed E-state index contributed by atoms with van der Waals surface area (Å²) in [5.74, 6) is 3.15. The van der Waals surface area contributed by atoms with Crippen LogP contribution in [0.5, 0.6) is 5.75 Å². The number of carbonyl (C=O) groups excluding carboxylic acids is 1. The number of benzene rings is 2. The molecule has 31 heavy (non-hydrogen) atoms. The second-order valence-electron chi connectivity index (χ2n) is 8.20. The van der Waals surface area contributed by atoms with Gasteiger partial charge in [-0.1, -0.05) is 55.9 Å². The van der Waals surface area contributed by atoms with E-state index in [1.165, 1.54) is 18.0 Å². The fourth-order valence-electron chi connectivity index (χ4n) is 3.23. The minimum atomic E-state index is -1.52. The molecule has 4 rings (SSSR count). The normalized spacial score (nSPS) is 11.2. The number of rotatable bonds is 4. The fourth-order valence-corrected chi connectivity index (χ4v) is 3.75. The van der Waals surface area contributed by atoms with E-state index in [1.807, 2.05) is 48.5 Å². The Hall–Kier alpha value is -3.63. The van der Waals surface area contributed by atoms with E-state index in [1.54, 1.807) is 0 Å². The third-order valence-corrected chi connectivity index (χ3v) is 5.54. The van der Waals surface area contributed by atoms with Gasteiger partial charge >= 0.3 is 5.97 Å². The molecule has 0 saturated heterocycles. The van der Waals surface area contributed by atoms with Crippen LogP contribution in [-0.4, -0.2) is 35.8 Å².